The number of anilines is 1. The molecule has 0 spiro atoms. The van der Waals surface area contributed by atoms with Crippen molar-refractivity contribution >= 4 is 23.4 Å². The molecule has 0 saturated heterocycles. The number of aromatic nitrogens is 2. The molecular weight excluding hydrogens is 382 g/mol. The maximum Gasteiger partial charge on any atom is 0.255 e. The summed E-state index contributed by atoms with van der Waals surface area (Å²) in [4.78, 5) is 34.4. The Morgan fingerprint density at radius 1 is 1.10 bits per heavy atom. The molecule has 0 aliphatic heterocycles. The molecule has 3 aromatic rings. The second kappa shape index (κ2) is 9.56. The van der Waals surface area contributed by atoms with Crippen LogP contribution in [0, 0.1) is 13.8 Å². The second-order valence-electron chi connectivity index (χ2n) is 6.86. The SMILES string of the molecule is CCN(C(=O)CSc1nc(C)c(Cc2ccccc2)c(=O)[nH]1)c1cccc(C)c1. The second-order valence-corrected chi connectivity index (χ2v) is 7.83. The molecule has 0 aliphatic rings. The minimum atomic E-state index is -0.151. The number of aromatic amines is 1. The number of H-pyrrole nitrogens is 1. The van der Waals surface area contributed by atoms with Crippen molar-refractivity contribution in [3.05, 3.63) is 87.3 Å². The lowest BCUT2D eigenvalue weighted by molar-refractivity contribution is -0.116. The fourth-order valence-corrected chi connectivity index (χ4v) is 3.95. The molecule has 1 N–H and O–H groups in total. The Hall–Kier alpha value is -2.86. The van der Waals surface area contributed by atoms with Gasteiger partial charge in [0, 0.05) is 29.9 Å². The molecular formula is C23H25N3O2S. The number of hydrogen-bond acceptors (Lipinski definition) is 4. The van der Waals surface area contributed by atoms with Crippen molar-refractivity contribution in [1.29, 1.82) is 0 Å². The number of aryl methyl sites for hydroxylation is 2. The average molecular weight is 408 g/mol. The van der Waals surface area contributed by atoms with Gasteiger partial charge in [-0.15, -0.1) is 0 Å². The van der Waals surface area contributed by atoms with Gasteiger partial charge in [0.15, 0.2) is 5.16 Å². The van der Waals surface area contributed by atoms with Crippen LogP contribution in [0.3, 0.4) is 0 Å². The molecule has 0 saturated carbocycles. The first-order valence-electron chi connectivity index (χ1n) is 9.61. The zero-order chi connectivity index (χ0) is 20.8. The van der Waals surface area contributed by atoms with Crippen LogP contribution in [0.15, 0.2) is 64.5 Å². The molecule has 5 nitrogen and oxygen atoms in total. The van der Waals surface area contributed by atoms with Crippen molar-refractivity contribution in [3.63, 3.8) is 0 Å². The van der Waals surface area contributed by atoms with Gasteiger partial charge in [-0.25, -0.2) is 4.98 Å². The molecule has 0 radical (unpaired) electrons. The van der Waals surface area contributed by atoms with E-state index in [4.69, 9.17) is 0 Å². The highest BCUT2D eigenvalue weighted by Crippen LogP contribution is 2.19. The van der Waals surface area contributed by atoms with Crippen LogP contribution in [0.4, 0.5) is 5.69 Å². The standard InChI is InChI=1S/C23H25N3O2S/c1-4-26(19-12-8-9-16(2)13-19)21(27)15-29-23-24-17(3)20(22(28)25-23)14-18-10-6-5-7-11-18/h5-13H,4,14-15H2,1-3H3,(H,24,25,28). The monoisotopic (exact) mass is 407 g/mol. The van der Waals surface area contributed by atoms with Gasteiger partial charge < -0.3 is 9.88 Å². The molecule has 0 bridgehead atoms. The molecule has 150 valence electrons. The fourth-order valence-electron chi connectivity index (χ4n) is 3.17. The van der Waals surface area contributed by atoms with Gasteiger partial charge in [-0.1, -0.05) is 54.2 Å². The molecule has 1 heterocycles. The smallest absolute Gasteiger partial charge is 0.255 e. The van der Waals surface area contributed by atoms with E-state index in [1.807, 2.05) is 75.4 Å². The zero-order valence-corrected chi connectivity index (χ0v) is 17.8. The third-order valence-electron chi connectivity index (χ3n) is 4.69. The summed E-state index contributed by atoms with van der Waals surface area (Å²) in [6, 6.07) is 17.7. The summed E-state index contributed by atoms with van der Waals surface area (Å²) in [7, 11) is 0. The Labute approximate surface area is 175 Å². The Morgan fingerprint density at radius 2 is 1.86 bits per heavy atom. The topological polar surface area (TPSA) is 66.1 Å². The normalized spacial score (nSPS) is 10.7. The highest BCUT2D eigenvalue weighted by molar-refractivity contribution is 7.99. The molecule has 1 amide bonds. The average Bonchev–Trinajstić information content (AvgIpc) is 2.70. The minimum Gasteiger partial charge on any atom is -0.312 e. The van der Waals surface area contributed by atoms with E-state index in [0.717, 1.165) is 16.8 Å². The van der Waals surface area contributed by atoms with Crippen molar-refractivity contribution in [3.8, 4) is 0 Å². The lowest BCUT2D eigenvalue weighted by Crippen LogP contribution is -2.32. The van der Waals surface area contributed by atoms with Gasteiger partial charge in [0.05, 0.1) is 5.75 Å². The van der Waals surface area contributed by atoms with Crippen LogP contribution in [0.1, 0.15) is 29.3 Å². The number of rotatable bonds is 7. The molecule has 0 aliphatic carbocycles. The maximum absolute atomic E-state index is 12.7. The van der Waals surface area contributed by atoms with E-state index in [2.05, 4.69) is 9.97 Å². The van der Waals surface area contributed by atoms with Gasteiger partial charge in [-0.3, -0.25) is 9.59 Å². The van der Waals surface area contributed by atoms with Gasteiger partial charge in [0.2, 0.25) is 5.91 Å². The van der Waals surface area contributed by atoms with Crippen LogP contribution in [-0.2, 0) is 11.2 Å². The third-order valence-corrected chi connectivity index (χ3v) is 5.55. The van der Waals surface area contributed by atoms with E-state index in [1.165, 1.54) is 11.8 Å². The first-order valence-corrected chi connectivity index (χ1v) is 10.6. The number of benzene rings is 2. The Bertz CT molecular complexity index is 1050. The van der Waals surface area contributed by atoms with Crippen LogP contribution >= 0.6 is 11.8 Å². The molecule has 29 heavy (non-hydrogen) atoms. The Morgan fingerprint density at radius 3 is 2.52 bits per heavy atom. The fraction of sp³-hybridized carbons (Fsp3) is 0.261. The summed E-state index contributed by atoms with van der Waals surface area (Å²) in [6.45, 7) is 6.38. The summed E-state index contributed by atoms with van der Waals surface area (Å²) < 4.78 is 0. The van der Waals surface area contributed by atoms with E-state index < -0.39 is 0 Å². The van der Waals surface area contributed by atoms with Gasteiger partial charge in [0.25, 0.3) is 5.56 Å². The first-order chi connectivity index (χ1) is 14.0. The number of thioether (sulfide) groups is 1. The van der Waals surface area contributed by atoms with E-state index in [-0.39, 0.29) is 17.2 Å². The summed E-state index contributed by atoms with van der Waals surface area (Å²) in [5, 5.41) is 0.470. The van der Waals surface area contributed by atoms with Crippen molar-refractivity contribution in [1.82, 2.24) is 9.97 Å². The quantitative estimate of drug-likeness (QED) is 0.473. The third kappa shape index (κ3) is 5.35. The molecule has 0 fully saturated rings. The number of nitrogens with zero attached hydrogens (tertiary/aromatic N) is 2. The zero-order valence-electron chi connectivity index (χ0n) is 16.9. The highest BCUT2D eigenvalue weighted by atomic mass is 32.2. The Balaban J connectivity index is 1.70. The molecule has 3 rings (SSSR count). The van der Waals surface area contributed by atoms with Gasteiger partial charge in [0.1, 0.15) is 0 Å². The summed E-state index contributed by atoms with van der Waals surface area (Å²) in [6.07, 6.45) is 0.538. The van der Waals surface area contributed by atoms with Gasteiger partial charge in [-0.2, -0.15) is 0 Å². The molecule has 2 aromatic carbocycles. The van der Waals surface area contributed by atoms with Crippen molar-refractivity contribution in [2.45, 2.75) is 32.3 Å². The van der Waals surface area contributed by atoms with Crippen molar-refractivity contribution < 1.29 is 4.79 Å². The number of nitrogens with one attached hydrogen (secondary N) is 1. The lowest BCUT2D eigenvalue weighted by atomic mass is 10.1. The number of hydrogen-bond donors (Lipinski definition) is 1. The molecule has 0 atom stereocenters. The largest absolute Gasteiger partial charge is 0.312 e. The number of carbonyl (C=O) groups excluding carboxylic acids is 1. The van der Waals surface area contributed by atoms with Gasteiger partial charge in [-0.05, 0) is 44.0 Å². The van der Waals surface area contributed by atoms with Crippen molar-refractivity contribution in [2.24, 2.45) is 0 Å². The van der Waals surface area contributed by atoms with Crippen LogP contribution in [0.5, 0.6) is 0 Å². The Kier molecular flexibility index (Phi) is 6.88. The highest BCUT2D eigenvalue weighted by Gasteiger charge is 2.16. The van der Waals surface area contributed by atoms with E-state index in [9.17, 15) is 9.59 Å². The first kappa shape index (κ1) is 20.9. The summed E-state index contributed by atoms with van der Waals surface area (Å²) >= 11 is 1.26. The predicted octanol–water partition coefficient (Wildman–Crippen LogP) is 4.12. The maximum atomic E-state index is 12.7. The number of amides is 1. The van der Waals surface area contributed by atoms with Gasteiger partial charge >= 0.3 is 0 Å². The predicted molar refractivity (Wildman–Crippen MR) is 119 cm³/mol. The molecule has 1 aromatic heterocycles. The van der Waals surface area contributed by atoms with Crippen LogP contribution < -0.4 is 10.5 Å². The summed E-state index contributed by atoms with van der Waals surface area (Å²) in [5.41, 5.74) is 4.25. The lowest BCUT2D eigenvalue weighted by Gasteiger charge is -2.21. The van der Waals surface area contributed by atoms with Crippen LogP contribution in [0.25, 0.3) is 0 Å². The molecule has 6 heteroatoms. The van der Waals surface area contributed by atoms with Crippen molar-refractivity contribution in [2.75, 3.05) is 17.2 Å². The minimum absolute atomic E-state index is 0.0169. The van der Waals surface area contributed by atoms with E-state index in [0.29, 0.717) is 29.4 Å². The van der Waals surface area contributed by atoms with Crippen LogP contribution in [0.2, 0.25) is 0 Å². The van der Waals surface area contributed by atoms with E-state index in [1.54, 1.807) is 4.90 Å². The molecule has 0 unspecified atom stereocenters. The van der Waals surface area contributed by atoms with E-state index >= 15 is 0 Å². The van der Waals surface area contributed by atoms with Crippen LogP contribution in [-0.4, -0.2) is 28.2 Å². The number of carbonyl (C=O) groups is 1. The summed E-state index contributed by atoms with van der Waals surface area (Å²) in [5.74, 6) is 0.194.